The van der Waals surface area contributed by atoms with Crippen LogP contribution in [0, 0.1) is 5.92 Å². The fraction of sp³-hybridized carbons (Fsp3) is 0.292. The molecule has 5 nitrogen and oxygen atoms in total. The molecule has 0 spiro atoms. The van der Waals surface area contributed by atoms with Crippen LogP contribution in [-0.4, -0.2) is 31.7 Å². The van der Waals surface area contributed by atoms with Gasteiger partial charge in [0.2, 0.25) is 15.9 Å². The molecule has 0 bridgehead atoms. The lowest BCUT2D eigenvalue weighted by molar-refractivity contribution is -0.126. The molecule has 6 heteroatoms. The summed E-state index contributed by atoms with van der Waals surface area (Å²) >= 11 is 0. The third kappa shape index (κ3) is 4.25. The Morgan fingerprint density at radius 3 is 2.47 bits per heavy atom. The highest BCUT2D eigenvalue weighted by atomic mass is 32.2. The van der Waals surface area contributed by atoms with Crippen LogP contribution in [-0.2, 0) is 14.8 Å². The van der Waals surface area contributed by atoms with Crippen molar-refractivity contribution in [2.24, 2.45) is 5.92 Å². The van der Waals surface area contributed by atoms with Gasteiger partial charge < -0.3 is 5.32 Å². The molecule has 1 fully saturated rings. The number of nitrogens with zero attached hydrogens (tertiary/aromatic N) is 1. The zero-order valence-corrected chi connectivity index (χ0v) is 17.8. The van der Waals surface area contributed by atoms with Gasteiger partial charge in [0.05, 0.1) is 16.9 Å². The summed E-state index contributed by atoms with van der Waals surface area (Å²) in [6, 6.07) is 22.5. The molecule has 0 radical (unpaired) electrons. The Morgan fingerprint density at radius 2 is 1.70 bits per heavy atom. The van der Waals surface area contributed by atoms with E-state index in [4.69, 9.17) is 0 Å². The fourth-order valence-corrected chi connectivity index (χ4v) is 5.57. The summed E-state index contributed by atoms with van der Waals surface area (Å²) in [5, 5.41) is 4.93. The number of fused-ring (bicyclic) bond motifs is 1. The van der Waals surface area contributed by atoms with Gasteiger partial charge in [0.1, 0.15) is 0 Å². The number of hydrogen-bond donors (Lipinski definition) is 1. The minimum Gasteiger partial charge on any atom is -0.349 e. The van der Waals surface area contributed by atoms with E-state index < -0.39 is 10.0 Å². The van der Waals surface area contributed by atoms with E-state index >= 15 is 0 Å². The summed E-state index contributed by atoms with van der Waals surface area (Å²) in [5.74, 6) is -0.440. The third-order valence-electron chi connectivity index (χ3n) is 5.77. The molecule has 0 aliphatic carbocycles. The van der Waals surface area contributed by atoms with Crippen LogP contribution in [0.15, 0.2) is 77.7 Å². The predicted octanol–water partition coefficient (Wildman–Crippen LogP) is 4.12. The highest BCUT2D eigenvalue weighted by molar-refractivity contribution is 7.89. The molecule has 1 N–H and O–H groups in total. The second-order valence-corrected chi connectivity index (χ2v) is 9.79. The fourth-order valence-electron chi connectivity index (χ4n) is 4.01. The lowest BCUT2D eigenvalue weighted by Gasteiger charge is -2.32. The summed E-state index contributed by atoms with van der Waals surface area (Å²) < 4.78 is 27.9. The van der Waals surface area contributed by atoms with Gasteiger partial charge in [-0.25, -0.2) is 8.42 Å². The van der Waals surface area contributed by atoms with E-state index in [1.807, 2.05) is 67.6 Å². The van der Waals surface area contributed by atoms with E-state index in [0.29, 0.717) is 19.4 Å². The number of rotatable bonds is 5. The van der Waals surface area contributed by atoms with Crippen molar-refractivity contribution in [1.29, 1.82) is 0 Å². The van der Waals surface area contributed by atoms with Gasteiger partial charge in [-0.3, -0.25) is 4.79 Å². The van der Waals surface area contributed by atoms with E-state index in [0.717, 1.165) is 16.3 Å². The minimum atomic E-state index is -3.65. The highest BCUT2D eigenvalue weighted by Gasteiger charge is 2.33. The van der Waals surface area contributed by atoms with Crippen molar-refractivity contribution < 1.29 is 13.2 Å². The van der Waals surface area contributed by atoms with Crippen molar-refractivity contribution in [2.45, 2.75) is 30.7 Å². The Morgan fingerprint density at radius 1 is 1.00 bits per heavy atom. The average Bonchev–Trinajstić information content (AvgIpc) is 2.79. The Bertz CT molecular complexity index is 1150. The summed E-state index contributed by atoms with van der Waals surface area (Å²) in [6.07, 6.45) is 1.36. The standard InChI is InChI=1S/C24H26N2O3S/c1-18(19-8-3-2-4-9-19)25-24(27)22-12-7-15-26(17-22)30(28,29)23-14-13-20-10-5-6-11-21(20)16-23/h2-6,8-11,13-14,16,18,22H,7,12,15,17H2,1H3,(H,25,27)/t18-,22+/m1/s1. The Hall–Kier alpha value is -2.70. The van der Waals surface area contributed by atoms with Gasteiger partial charge in [-0.05, 0) is 48.2 Å². The van der Waals surface area contributed by atoms with Crippen LogP contribution in [0.4, 0.5) is 0 Å². The highest BCUT2D eigenvalue weighted by Crippen LogP contribution is 2.27. The Kier molecular flexibility index (Phi) is 5.88. The van der Waals surface area contributed by atoms with Gasteiger partial charge >= 0.3 is 0 Å². The van der Waals surface area contributed by atoms with Gasteiger partial charge in [0.15, 0.2) is 0 Å². The maximum Gasteiger partial charge on any atom is 0.243 e. The number of hydrogen-bond acceptors (Lipinski definition) is 3. The van der Waals surface area contributed by atoms with Crippen LogP contribution in [0.2, 0.25) is 0 Å². The lowest BCUT2D eigenvalue weighted by atomic mass is 9.98. The van der Waals surface area contributed by atoms with Crippen LogP contribution in [0.3, 0.4) is 0 Å². The second-order valence-electron chi connectivity index (χ2n) is 7.85. The SMILES string of the molecule is C[C@@H](NC(=O)[C@H]1CCCN(S(=O)(=O)c2ccc3ccccc3c2)C1)c1ccccc1. The quantitative estimate of drug-likeness (QED) is 0.673. The molecule has 1 heterocycles. The van der Waals surface area contributed by atoms with E-state index in [2.05, 4.69) is 5.32 Å². The van der Waals surface area contributed by atoms with E-state index in [-0.39, 0.29) is 29.3 Å². The van der Waals surface area contributed by atoms with Gasteiger partial charge in [0.25, 0.3) is 0 Å². The molecule has 0 saturated carbocycles. The molecule has 2 atom stereocenters. The third-order valence-corrected chi connectivity index (χ3v) is 7.63. The van der Waals surface area contributed by atoms with Crippen molar-refractivity contribution >= 4 is 26.7 Å². The van der Waals surface area contributed by atoms with Crippen molar-refractivity contribution in [2.75, 3.05) is 13.1 Å². The molecular formula is C24H26N2O3S. The molecule has 1 aliphatic heterocycles. The number of nitrogens with one attached hydrogen (secondary N) is 1. The number of piperidine rings is 1. The van der Waals surface area contributed by atoms with Crippen LogP contribution >= 0.6 is 0 Å². The van der Waals surface area contributed by atoms with E-state index in [1.54, 1.807) is 12.1 Å². The zero-order chi connectivity index (χ0) is 21.1. The minimum absolute atomic E-state index is 0.0928. The Labute approximate surface area is 177 Å². The summed E-state index contributed by atoms with van der Waals surface area (Å²) in [7, 11) is -3.65. The summed E-state index contributed by atoms with van der Waals surface area (Å²) in [5.41, 5.74) is 1.03. The van der Waals surface area contributed by atoms with Crippen molar-refractivity contribution in [3.05, 3.63) is 78.4 Å². The van der Waals surface area contributed by atoms with Gasteiger partial charge in [-0.1, -0.05) is 60.7 Å². The molecule has 156 valence electrons. The van der Waals surface area contributed by atoms with E-state index in [9.17, 15) is 13.2 Å². The lowest BCUT2D eigenvalue weighted by Crippen LogP contribution is -2.45. The zero-order valence-electron chi connectivity index (χ0n) is 17.0. The van der Waals surface area contributed by atoms with Crippen molar-refractivity contribution in [3.63, 3.8) is 0 Å². The molecule has 3 aromatic carbocycles. The first kappa shape index (κ1) is 20.6. The molecule has 3 aromatic rings. The summed E-state index contributed by atoms with van der Waals surface area (Å²) in [6.45, 7) is 2.59. The smallest absolute Gasteiger partial charge is 0.243 e. The topological polar surface area (TPSA) is 66.5 Å². The summed E-state index contributed by atoms with van der Waals surface area (Å²) in [4.78, 5) is 13.1. The van der Waals surface area contributed by atoms with Crippen LogP contribution in [0.1, 0.15) is 31.4 Å². The van der Waals surface area contributed by atoms with Gasteiger partial charge in [0, 0.05) is 13.1 Å². The maximum absolute atomic E-state index is 13.2. The number of sulfonamides is 1. The molecule has 4 rings (SSSR count). The molecule has 1 amide bonds. The number of benzene rings is 3. The first-order valence-electron chi connectivity index (χ1n) is 10.3. The Balaban J connectivity index is 1.49. The van der Waals surface area contributed by atoms with E-state index in [1.165, 1.54) is 4.31 Å². The number of carbonyl (C=O) groups excluding carboxylic acids is 1. The van der Waals surface area contributed by atoms with Crippen LogP contribution in [0.5, 0.6) is 0 Å². The van der Waals surface area contributed by atoms with Crippen LogP contribution < -0.4 is 5.32 Å². The molecular weight excluding hydrogens is 396 g/mol. The van der Waals surface area contributed by atoms with Crippen LogP contribution in [0.25, 0.3) is 10.8 Å². The normalized spacial score (nSPS) is 18.8. The molecule has 30 heavy (non-hydrogen) atoms. The number of carbonyl (C=O) groups is 1. The molecule has 1 aliphatic rings. The first-order chi connectivity index (χ1) is 14.4. The monoisotopic (exact) mass is 422 g/mol. The molecule has 1 saturated heterocycles. The largest absolute Gasteiger partial charge is 0.349 e. The molecule has 0 aromatic heterocycles. The first-order valence-corrected chi connectivity index (χ1v) is 11.7. The van der Waals surface area contributed by atoms with Crippen molar-refractivity contribution in [1.82, 2.24) is 9.62 Å². The number of amides is 1. The van der Waals surface area contributed by atoms with Gasteiger partial charge in [-0.15, -0.1) is 0 Å². The van der Waals surface area contributed by atoms with Crippen molar-refractivity contribution in [3.8, 4) is 0 Å². The maximum atomic E-state index is 13.2. The van der Waals surface area contributed by atoms with Gasteiger partial charge in [-0.2, -0.15) is 4.31 Å². The average molecular weight is 423 g/mol. The molecule has 0 unspecified atom stereocenters. The predicted molar refractivity (Wildman–Crippen MR) is 118 cm³/mol. The second kappa shape index (κ2) is 8.58.